The number of hydrazone groups is 1. The summed E-state index contributed by atoms with van der Waals surface area (Å²) in [6, 6.07) is 17.6. The molecule has 0 aliphatic heterocycles. The number of thioether (sulfide) groups is 1. The van der Waals surface area contributed by atoms with Crippen LogP contribution < -0.4 is 16.7 Å². The van der Waals surface area contributed by atoms with Crippen LogP contribution in [-0.2, 0) is 0 Å². The van der Waals surface area contributed by atoms with Gasteiger partial charge in [0, 0.05) is 4.90 Å². The van der Waals surface area contributed by atoms with Gasteiger partial charge in [-0.05, 0) is 24.3 Å². The summed E-state index contributed by atoms with van der Waals surface area (Å²) in [5.41, 5.74) is 9.18. The summed E-state index contributed by atoms with van der Waals surface area (Å²) < 4.78 is 0. The average molecular weight is 258 g/mol. The fraction of sp³-hybridized carbons (Fsp3) is 0. The van der Waals surface area contributed by atoms with Crippen molar-refractivity contribution in [3.05, 3.63) is 54.6 Å². The van der Waals surface area contributed by atoms with Crippen molar-refractivity contribution in [2.75, 3.05) is 10.9 Å². The number of hydrogen-bond acceptors (Lipinski definition) is 5. The van der Waals surface area contributed by atoms with Gasteiger partial charge in [0.2, 0.25) is 0 Å². The third kappa shape index (κ3) is 3.51. The van der Waals surface area contributed by atoms with Gasteiger partial charge in [0.1, 0.15) is 0 Å². The first-order valence-corrected chi connectivity index (χ1v) is 6.33. The van der Waals surface area contributed by atoms with E-state index in [9.17, 15) is 0 Å². The van der Waals surface area contributed by atoms with Gasteiger partial charge in [0.25, 0.3) is 0 Å². The monoisotopic (exact) mass is 258 g/mol. The molecule has 0 heterocycles. The second-order valence-corrected chi connectivity index (χ2v) is 4.36. The van der Waals surface area contributed by atoms with Crippen LogP contribution in [0.25, 0.3) is 0 Å². The average Bonchev–Trinajstić information content (AvgIpc) is 2.45. The summed E-state index contributed by atoms with van der Waals surface area (Å²) >= 11 is 1.49. The number of rotatable bonds is 5. The number of nitrogens with one attached hydrogen (secondary N) is 2. The Morgan fingerprint density at radius 3 is 2.50 bits per heavy atom. The van der Waals surface area contributed by atoms with Crippen LogP contribution in [0.4, 0.5) is 11.4 Å². The van der Waals surface area contributed by atoms with Gasteiger partial charge in [-0.2, -0.15) is 5.10 Å². The van der Waals surface area contributed by atoms with Crippen LogP contribution in [0.3, 0.4) is 0 Å². The summed E-state index contributed by atoms with van der Waals surface area (Å²) in [5, 5.41) is 4.13. The zero-order valence-corrected chi connectivity index (χ0v) is 10.5. The van der Waals surface area contributed by atoms with Gasteiger partial charge in [-0.1, -0.05) is 42.1 Å². The highest BCUT2D eigenvalue weighted by Gasteiger charge is 1.97. The first kappa shape index (κ1) is 12.5. The molecule has 2 aromatic rings. The number of anilines is 2. The molecule has 0 aliphatic rings. The maximum Gasteiger partial charge on any atom is 0.0850 e. The molecular formula is C13H14N4S. The zero-order chi connectivity index (χ0) is 12.6. The molecule has 0 saturated carbocycles. The molecule has 0 unspecified atom stereocenters. The molecule has 0 amide bonds. The van der Waals surface area contributed by atoms with Crippen LogP contribution in [0.15, 0.2) is 64.6 Å². The van der Waals surface area contributed by atoms with Crippen LogP contribution >= 0.6 is 11.8 Å². The number of hydrazine groups is 1. The number of benzene rings is 2. The van der Waals surface area contributed by atoms with Crippen molar-refractivity contribution in [3.63, 3.8) is 0 Å². The molecular weight excluding hydrogens is 244 g/mol. The predicted octanol–water partition coefficient (Wildman–Crippen LogP) is 3.12. The molecule has 2 aromatic carbocycles. The van der Waals surface area contributed by atoms with Gasteiger partial charge in [-0.25, -0.2) is 0 Å². The molecule has 0 spiro atoms. The summed E-state index contributed by atoms with van der Waals surface area (Å²) in [7, 11) is 0. The van der Waals surface area contributed by atoms with Crippen molar-refractivity contribution in [3.8, 4) is 0 Å². The molecule has 18 heavy (non-hydrogen) atoms. The Kier molecular flexibility index (Phi) is 4.63. The molecule has 0 saturated heterocycles. The van der Waals surface area contributed by atoms with Crippen molar-refractivity contribution < 1.29 is 0 Å². The van der Waals surface area contributed by atoms with Crippen molar-refractivity contribution in [1.29, 1.82) is 0 Å². The zero-order valence-electron chi connectivity index (χ0n) is 9.71. The smallest absolute Gasteiger partial charge is 0.0850 e. The Bertz CT molecular complexity index is 513. The molecule has 0 bridgehead atoms. The molecule has 0 atom stereocenters. The first-order chi connectivity index (χ1) is 8.90. The summed E-state index contributed by atoms with van der Waals surface area (Å²) in [6.45, 7) is 0. The minimum Gasteiger partial charge on any atom is -0.323 e. The predicted molar refractivity (Wildman–Crippen MR) is 78.7 cm³/mol. The Labute approximate surface area is 110 Å². The highest BCUT2D eigenvalue weighted by atomic mass is 32.2. The first-order valence-electron chi connectivity index (χ1n) is 5.45. The Hall–Kier alpha value is -1.98. The van der Waals surface area contributed by atoms with Gasteiger partial charge < -0.3 is 5.43 Å². The van der Waals surface area contributed by atoms with Crippen LogP contribution in [0.5, 0.6) is 0 Å². The summed E-state index contributed by atoms with van der Waals surface area (Å²) in [5.74, 6) is 5.42. The number of nitrogen functional groups attached to an aromatic ring is 1. The van der Waals surface area contributed by atoms with Crippen LogP contribution in [0.2, 0.25) is 0 Å². The van der Waals surface area contributed by atoms with Gasteiger partial charge in [-0.15, -0.1) is 0 Å². The van der Waals surface area contributed by atoms with E-state index in [1.54, 1.807) is 5.55 Å². The fourth-order valence-corrected chi connectivity index (χ4v) is 2.02. The van der Waals surface area contributed by atoms with E-state index in [-0.39, 0.29) is 0 Å². The molecule has 4 N–H and O–H groups in total. The second kappa shape index (κ2) is 6.68. The highest BCUT2D eigenvalue weighted by Crippen LogP contribution is 2.24. The lowest BCUT2D eigenvalue weighted by Crippen LogP contribution is -2.07. The molecule has 0 aliphatic carbocycles. The van der Waals surface area contributed by atoms with Gasteiger partial charge in [-0.3, -0.25) is 11.3 Å². The van der Waals surface area contributed by atoms with Crippen molar-refractivity contribution in [1.82, 2.24) is 0 Å². The normalized spacial score (nSPS) is 10.5. The van der Waals surface area contributed by atoms with Crippen LogP contribution in [0, 0.1) is 0 Å². The van der Waals surface area contributed by atoms with Gasteiger partial charge in [0.15, 0.2) is 0 Å². The molecule has 0 fully saturated rings. The molecule has 0 aromatic heterocycles. The number of nitrogens with two attached hydrogens (primary N) is 1. The molecule has 4 nitrogen and oxygen atoms in total. The van der Waals surface area contributed by atoms with E-state index in [0.717, 1.165) is 16.3 Å². The van der Waals surface area contributed by atoms with E-state index in [1.165, 1.54) is 11.8 Å². The SMILES string of the molecule is NNc1ccccc1SC=NNc1ccccc1. The quantitative estimate of drug-likeness (QED) is 0.253. The third-order valence-electron chi connectivity index (χ3n) is 2.24. The highest BCUT2D eigenvalue weighted by molar-refractivity contribution is 8.12. The van der Waals surface area contributed by atoms with E-state index in [4.69, 9.17) is 5.84 Å². The van der Waals surface area contributed by atoms with Gasteiger partial charge >= 0.3 is 0 Å². The molecule has 0 radical (unpaired) electrons. The maximum absolute atomic E-state index is 5.42. The maximum atomic E-state index is 5.42. The topological polar surface area (TPSA) is 62.4 Å². The lowest BCUT2D eigenvalue weighted by molar-refractivity contribution is 1.29. The fourth-order valence-electron chi connectivity index (χ4n) is 1.39. The minimum absolute atomic E-state index is 0.883. The van der Waals surface area contributed by atoms with Crippen molar-refractivity contribution in [2.45, 2.75) is 4.90 Å². The second-order valence-electron chi connectivity index (χ2n) is 3.47. The standard InChI is InChI=1S/C13H14N4S/c14-16-12-8-4-5-9-13(12)18-10-15-17-11-6-2-1-3-7-11/h1-10,16-17H,14H2. The molecule has 5 heteroatoms. The van der Waals surface area contributed by atoms with Gasteiger partial charge in [0.05, 0.1) is 16.9 Å². The van der Waals surface area contributed by atoms with E-state index in [2.05, 4.69) is 16.0 Å². The van der Waals surface area contributed by atoms with E-state index in [0.29, 0.717) is 0 Å². The van der Waals surface area contributed by atoms with Crippen LogP contribution in [0.1, 0.15) is 0 Å². The Morgan fingerprint density at radius 1 is 1.00 bits per heavy atom. The molecule has 2 rings (SSSR count). The van der Waals surface area contributed by atoms with E-state index >= 15 is 0 Å². The molecule has 92 valence electrons. The van der Waals surface area contributed by atoms with Crippen LogP contribution in [-0.4, -0.2) is 5.55 Å². The largest absolute Gasteiger partial charge is 0.323 e. The lowest BCUT2D eigenvalue weighted by Gasteiger charge is -2.04. The summed E-state index contributed by atoms with van der Waals surface area (Å²) in [6.07, 6.45) is 0. The Morgan fingerprint density at radius 2 is 1.72 bits per heavy atom. The Balaban J connectivity index is 1.91. The van der Waals surface area contributed by atoms with E-state index < -0.39 is 0 Å². The van der Waals surface area contributed by atoms with Crippen molar-refractivity contribution >= 4 is 28.7 Å². The number of para-hydroxylation sites is 2. The minimum atomic E-state index is 0.883. The number of hydrogen-bond donors (Lipinski definition) is 3. The van der Waals surface area contributed by atoms with E-state index in [1.807, 2.05) is 54.6 Å². The lowest BCUT2D eigenvalue weighted by atomic mass is 10.3. The number of nitrogens with zero attached hydrogens (tertiary/aromatic N) is 1. The van der Waals surface area contributed by atoms with Crippen molar-refractivity contribution in [2.24, 2.45) is 10.9 Å². The third-order valence-corrected chi connectivity index (χ3v) is 3.06. The summed E-state index contributed by atoms with van der Waals surface area (Å²) in [4.78, 5) is 1.03.